The molecule has 0 N–H and O–H groups in total. The Kier molecular flexibility index (Phi) is 4.10. The third-order valence-electron chi connectivity index (χ3n) is 2.47. The monoisotopic (exact) mass is 242 g/mol. The van der Waals surface area contributed by atoms with E-state index in [1.807, 2.05) is 0 Å². The molecular formula is C13H13F3O. The second-order valence-corrected chi connectivity index (χ2v) is 3.58. The molecule has 0 aliphatic rings. The molecule has 0 fully saturated rings. The fraction of sp³-hybridized carbons (Fsp3) is 0.308. The zero-order valence-electron chi connectivity index (χ0n) is 9.64. The van der Waals surface area contributed by atoms with Crippen molar-refractivity contribution in [3.8, 4) is 0 Å². The van der Waals surface area contributed by atoms with Gasteiger partial charge in [0.2, 0.25) is 0 Å². The summed E-state index contributed by atoms with van der Waals surface area (Å²) in [4.78, 5) is 11.9. The molecule has 0 saturated carbocycles. The van der Waals surface area contributed by atoms with E-state index in [1.165, 1.54) is 12.1 Å². The number of hydrogen-bond acceptors (Lipinski definition) is 1. The predicted octanol–water partition coefficient (Wildman–Crippen LogP) is 4.24. The molecule has 0 aliphatic carbocycles. The Balaban J connectivity index is 3.13. The Labute approximate surface area is 98.0 Å². The van der Waals surface area contributed by atoms with Gasteiger partial charge in [0, 0.05) is 5.56 Å². The number of hydrogen-bond donors (Lipinski definition) is 0. The van der Waals surface area contributed by atoms with Crippen LogP contribution in [0.4, 0.5) is 13.2 Å². The molecule has 1 rings (SSSR count). The highest BCUT2D eigenvalue weighted by Gasteiger charge is 2.30. The number of carbonyl (C=O) groups is 1. The Hall–Kier alpha value is -1.58. The van der Waals surface area contributed by atoms with Gasteiger partial charge in [-0.1, -0.05) is 25.1 Å². The van der Waals surface area contributed by atoms with E-state index in [2.05, 4.69) is 0 Å². The van der Waals surface area contributed by atoms with Gasteiger partial charge in [-0.05, 0) is 31.1 Å². The summed E-state index contributed by atoms with van der Waals surface area (Å²) in [5.41, 5.74) is -0.200. The van der Waals surface area contributed by atoms with Crippen molar-refractivity contribution in [1.29, 1.82) is 0 Å². The number of alkyl halides is 3. The van der Waals surface area contributed by atoms with Crippen molar-refractivity contribution in [1.82, 2.24) is 0 Å². The summed E-state index contributed by atoms with van der Waals surface area (Å²) in [6, 6.07) is 4.50. The van der Waals surface area contributed by atoms with Gasteiger partial charge >= 0.3 is 6.18 Å². The highest BCUT2D eigenvalue weighted by atomic mass is 19.4. The molecule has 0 aliphatic heterocycles. The van der Waals surface area contributed by atoms with Gasteiger partial charge in [-0.15, -0.1) is 0 Å². The minimum Gasteiger partial charge on any atom is -0.289 e. The molecule has 0 heterocycles. The van der Waals surface area contributed by atoms with Crippen LogP contribution in [-0.4, -0.2) is 5.78 Å². The molecule has 0 bridgehead atoms. The quantitative estimate of drug-likeness (QED) is 0.572. The number of rotatable bonds is 3. The largest absolute Gasteiger partial charge is 0.416 e. The van der Waals surface area contributed by atoms with Gasteiger partial charge < -0.3 is 0 Å². The van der Waals surface area contributed by atoms with Gasteiger partial charge in [0.05, 0.1) is 5.56 Å². The molecule has 92 valence electrons. The molecule has 0 radical (unpaired) electrons. The van der Waals surface area contributed by atoms with Crippen LogP contribution in [0.1, 0.15) is 36.2 Å². The molecule has 0 unspecified atom stereocenters. The summed E-state index contributed by atoms with van der Waals surface area (Å²) in [7, 11) is 0. The summed E-state index contributed by atoms with van der Waals surface area (Å²) < 4.78 is 37.4. The van der Waals surface area contributed by atoms with Gasteiger partial charge in [-0.25, -0.2) is 0 Å². The molecule has 0 atom stereocenters. The Morgan fingerprint density at radius 3 is 2.47 bits per heavy atom. The third kappa shape index (κ3) is 3.19. The van der Waals surface area contributed by atoms with Gasteiger partial charge in [0.15, 0.2) is 5.78 Å². The van der Waals surface area contributed by atoms with E-state index in [0.717, 1.165) is 12.1 Å². The lowest BCUT2D eigenvalue weighted by Crippen LogP contribution is -2.08. The highest BCUT2D eigenvalue weighted by Crippen LogP contribution is 2.30. The molecule has 17 heavy (non-hydrogen) atoms. The molecule has 1 nitrogen and oxygen atoms in total. The van der Waals surface area contributed by atoms with Crippen LogP contribution in [0.2, 0.25) is 0 Å². The van der Waals surface area contributed by atoms with E-state index in [1.54, 1.807) is 19.9 Å². The minimum absolute atomic E-state index is 0.0785. The molecule has 1 aromatic carbocycles. The number of benzene rings is 1. The first-order valence-electron chi connectivity index (χ1n) is 5.27. The standard InChI is InChI=1S/C13H13F3O/c1-3-9(4-2)12(17)10-6-5-7-11(8-10)13(14,15)16/h3,5-8H,4H2,1-2H3/b9-3-. The van der Waals surface area contributed by atoms with E-state index in [4.69, 9.17) is 0 Å². The second-order valence-electron chi connectivity index (χ2n) is 3.58. The average Bonchev–Trinajstić information content (AvgIpc) is 2.29. The first-order valence-corrected chi connectivity index (χ1v) is 5.27. The summed E-state index contributed by atoms with van der Waals surface area (Å²) in [6.45, 7) is 3.49. The van der Waals surface area contributed by atoms with E-state index in [-0.39, 0.29) is 11.3 Å². The maximum atomic E-state index is 12.5. The smallest absolute Gasteiger partial charge is 0.289 e. The molecule has 0 spiro atoms. The molecule has 0 saturated heterocycles. The zero-order chi connectivity index (χ0) is 13.1. The number of allylic oxidation sites excluding steroid dienone is 2. The van der Waals surface area contributed by atoms with Crippen LogP contribution >= 0.6 is 0 Å². The van der Waals surface area contributed by atoms with Crippen LogP contribution in [0, 0.1) is 0 Å². The van der Waals surface area contributed by atoms with Crippen molar-refractivity contribution < 1.29 is 18.0 Å². The zero-order valence-corrected chi connectivity index (χ0v) is 9.64. The summed E-state index contributed by atoms with van der Waals surface area (Å²) in [6.07, 6.45) is -2.28. The Bertz CT molecular complexity index is 444. The van der Waals surface area contributed by atoms with Crippen LogP contribution in [0.5, 0.6) is 0 Å². The average molecular weight is 242 g/mol. The van der Waals surface area contributed by atoms with E-state index < -0.39 is 11.7 Å². The van der Waals surface area contributed by atoms with E-state index in [0.29, 0.717) is 12.0 Å². The van der Waals surface area contributed by atoms with Gasteiger partial charge in [-0.2, -0.15) is 13.2 Å². The van der Waals surface area contributed by atoms with Crippen molar-refractivity contribution in [3.05, 3.63) is 47.0 Å². The number of halogens is 3. The molecular weight excluding hydrogens is 229 g/mol. The lowest BCUT2D eigenvalue weighted by atomic mass is 9.99. The SMILES string of the molecule is C/C=C(/CC)C(=O)c1cccc(C(F)(F)F)c1. The fourth-order valence-corrected chi connectivity index (χ4v) is 1.52. The molecule has 0 aromatic heterocycles. The third-order valence-corrected chi connectivity index (χ3v) is 2.47. The number of carbonyl (C=O) groups excluding carboxylic acids is 1. The first-order chi connectivity index (χ1) is 7.90. The first kappa shape index (κ1) is 13.5. The number of Topliss-reactive ketones (excluding diaryl/α,β-unsaturated/α-hetero) is 1. The van der Waals surface area contributed by atoms with Crippen molar-refractivity contribution in [2.24, 2.45) is 0 Å². The summed E-state index contributed by atoms with van der Waals surface area (Å²) in [5.74, 6) is -0.346. The maximum absolute atomic E-state index is 12.5. The maximum Gasteiger partial charge on any atom is 0.416 e. The number of ketones is 1. The predicted molar refractivity (Wildman–Crippen MR) is 59.8 cm³/mol. The van der Waals surface area contributed by atoms with Crippen molar-refractivity contribution >= 4 is 5.78 Å². The van der Waals surface area contributed by atoms with Crippen molar-refractivity contribution in [2.45, 2.75) is 26.4 Å². The van der Waals surface area contributed by atoms with Gasteiger partial charge in [0.1, 0.15) is 0 Å². The lowest BCUT2D eigenvalue weighted by molar-refractivity contribution is -0.137. The second kappa shape index (κ2) is 5.17. The van der Waals surface area contributed by atoms with E-state index in [9.17, 15) is 18.0 Å². The van der Waals surface area contributed by atoms with Crippen molar-refractivity contribution in [3.63, 3.8) is 0 Å². The van der Waals surface area contributed by atoms with Crippen LogP contribution in [0.15, 0.2) is 35.9 Å². The normalized spacial score (nSPS) is 12.6. The van der Waals surface area contributed by atoms with Crippen LogP contribution in [-0.2, 0) is 6.18 Å². The molecule has 1 aromatic rings. The Morgan fingerprint density at radius 1 is 1.35 bits per heavy atom. The van der Waals surface area contributed by atoms with Crippen LogP contribution in [0.3, 0.4) is 0 Å². The van der Waals surface area contributed by atoms with Gasteiger partial charge in [0.25, 0.3) is 0 Å². The molecule has 4 heteroatoms. The van der Waals surface area contributed by atoms with E-state index >= 15 is 0 Å². The van der Waals surface area contributed by atoms with Gasteiger partial charge in [-0.3, -0.25) is 4.79 Å². The lowest BCUT2D eigenvalue weighted by Gasteiger charge is -2.09. The minimum atomic E-state index is -4.42. The highest BCUT2D eigenvalue weighted by molar-refractivity contribution is 6.08. The Morgan fingerprint density at radius 2 is 2.00 bits per heavy atom. The van der Waals surface area contributed by atoms with Crippen LogP contribution < -0.4 is 0 Å². The summed E-state index contributed by atoms with van der Waals surface area (Å²) in [5, 5.41) is 0. The van der Waals surface area contributed by atoms with Crippen molar-refractivity contribution in [2.75, 3.05) is 0 Å². The topological polar surface area (TPSA) is 17.1 Å². The molecule has 0 amide bonds. The summed E-state index contributed by atoms with van der Waals surface area (Å²) >= 11 is 0. The van der Waals surface area contributed by atoms with Crippen LogP contribution in [0.25, 0.3) is 0 Å². The fourth-order valence-electron chi connectivity index (χ4n) is 1.52.